The van der Waals surface area contributed by atoms with Gasteiger partial charge in [0.1, 0.15) is 5.82 Å². The summed E-state index contributed by atoms with van der Waals surface area (Å²) in [4.78, 5) is 16.9. The molecule has 1 aromatic heterocycles. The normalized spacial score (nSPS) is 11.9. The molecule has 23 heavy (non-hydrogen) atoms. The predicted octanol–water partition coefficient (Wildman–Crippen LogP) is 2.80. The minimum absolute atomic E-state index is 0.0317. The van der Waals surface area contributed by atoms with Crippen molar-refractivity contribution in [3.05, 3.63) is 29.6 Å². The highest BCUT2D eigenvalue weighted by Crippen LogP contribution is 2.29. The Morgan fingerprint density at radius 1 is 1.35 bits per heavy atom. The third-order valence-corrected chi connectivity index (χ3v) is 5.13. The number of amides is 1. The van der Waals surface area contributed by atoms with Crippen LogP contribution in [0.1, 0.15) is 49.3 Å². The number of hydrogen-bond acceptors (Lipinski definition) is 3. The summed E-state index contributed by atoms with van der Waals surface area (Å²) in [5.41, 5.74) is 2.46. The molecule has 126 valence electrons. The summed E-state index contributed by atoms with van der Waals surface area (Å²) < 4.78 is 2.01. The van der Waals surface area contributed by atoms with E-state index in [9.17, 15) is 9.90 Å². The van der Waals surface area contributed by atoms with Crippen molar-refractivity contribution in [3.8, 4) is 0 Å². The molecule has 0 fully saturated rings. The second kappa shape index (κ2) is 7.13. The first-order valence-electron chi connectivity index (χ1n) is 8.28. The van der Waals surface area contributed by atoms with Crippen LogP contribution in [0.25, 0.3) is 11.0 Å². The number of nitrogens with zero attached hydrogens (tertiary/aromatic N) is 2. The van der Waals surface area contributed by atoms with E-state index in [1.54, 1.807) is 0 Å². The number of carbonyl (C=O) groups is 1. The van der Waals surface area contributed by atoms with Crippen molar-refractivity contribution in [1.29, 1.82) is 0 Å². The minimum Gasteiger partial charge on any atom is -0.396 e. The molecule has 0 radical (unpaired) electrons. The Morgan fingerprint density at radius 3 is 2.65 bits per heavy atom. The molecule has 1 heterocycles. The Balaban J connectivity index is 2.14. The summed E-state index contributed by atoms with van der Waals surface area (Å²) >= 11 is 0. The van der Waals surface area contributed by atoms with E-state index in [-0.39, 0.29) is 17.9 Å². The largest absolute Gasteiger partial charge is 0.396 e. The van der Waals surface area contributed by atoms with Crippen molar-refractivity contribution >= 4 is 16.9 Å². The van der Waals surface area contributed by atoms with Gasteiger partial charge in [-0.3, -0.25) is 4.79 Å². The number of fused-ring (bicyclic) bond motifs is 1. The molecule has 2 rings (SSSR count). The highest BCUT2D eigenvalue weighted by atomic mass is 16.3. The molecule has 1 amide bonds. The molecule has 2 aromatic rings. The third kappa shape index (κ3) is 3.55. The lowest BCUT2D eigenvalue weighted by molar-refractivity contribution is 0.0907. The molecule has 0 aliphatic heterocycles. The van der Waals surface area contributed by atoms with Gasteiger partial charge in [0.2, 0.25) is 0 Å². The zero-order valence-corrected chi connectivity index (χ0v) is 14.5. The Morgan fingerprint density at radius 2 is 2.04 bits per heavy atom. The second-order valence-electron chi connectivity index (χ2n) is 6.28. The summed E-state index contributed by atoms with van der Waals surface area (Å²) in [5, 5.41) is 12.3. The predicted molar refractivity (Wildman–Crippen MR) is 92.5 cm³/mol. The number of nitrogens with one attached hydrogen (secondary N) is 1. The molecule has 0 atom stereocenters. The SMILES string of the molecule is CCC(CC)(CCO)CNC(=O)c1ccc2c(c1)nc(C)n2C. The van der Waals surface area contributed by atoms with Gasteiger partial charge in [-0.25, -0.2) is 4.98 Å². The summed E-state index contributed by atoms with van der Waals surface area (Å²) in [7, 11) is 1.97. The first kappa shape index (κ1) is 17.5. The number of benzene rings is 1. The van der Waals surface area contributed by atoms with Crippen molar-refractivity contribution in [2.24, 2.45) is 12.5 Å². The molecule has 0 bridgehead atoms. The van der Waals surface area contributed by atoms with E-state index in [4.69, 9.17) is 0 Å². The van der Waals surface area contributed by atoms with E-state index in [1.165, 1.54) is 0 Å². The molecule has 1 aromatic carbocycles. The molecule has 0 unspecified atom stereocenters. The van der Waals surface area contributed by atoms with Crippen LogP contribution < -0.4 is 5.32 Å². The van der Waals surface area contributed by atoms with Crippen LogP contribution in [0.15, 0.2) is 18.2 Å². The van der Waals surface area contributed by atoms with Crippen LogP contribution in [0, 0.1) is 12.3 Å². The lowest BCUT2D eigenvalue weighted by Gasteiger charge is -2.31. The number of aliphatic hydroxyl groups excluding tert-OH is 1. The van der Waals surface area contributed by atoms with Crippen molar-refractivity contribution in [2.45, 2.75) is 40.0 Å². The molecular formula is C18H27N3O2. The van der Waals surface area contributed by atoms with Crippen LogP contribution >= 0.6 is 0 Å². The maximum Gasteiger partial charge on any atom is 0.251 e. The average molecular weight is 317 g/mol. The minimum atomic E-state index is -0.0839. The maximum atomic E-state index is 12.5. The molecule has 0 aliphatic carbocycles. The zero-order valence-electron chi connectivity index (χ0n) is 14.5. The summed E-state index contributed by atoms with van der Waals surface area (Å²) in [5.74, 6) is 0.843. The molecule has 0 aliphatic rings. The average Bonchev–Trinajstić information content (AvgIpc) is 2.85. The third-order valence-electron chi connectivity index (χ3n) is 5.13. The maximum absolute atomic E-state index is 12.5. The number of carbonyl (C=O) groups excluding carboxylic acids is 1. The van der Waals surface area contributed by atoms with E-state index in [2.05, 4.69) is 24.1 Å². The van der Waals surface area contributed by atoms with Crippen molar-refractivity contribution < 1.29 is 9.90 Å². The lowest BCUT2D eigenvalue weighted by atomic mass is 9.79. The molecule has 5 nitrogen and oxygen atoms in total. The highest BCUT2D eigenvalue weighted by Gasteiger charge is 2.26. The Hall–Kier alpha value is -1.88. The Bertz CT molecular complexity index is 687. The summed E-state index contributed by atoms with van der Waals surface area (Å²) in [6.45, 7) is 6.89. The van der Waals surface area contributed by atoms with Gasteiger partial charge in [-0.2, -0.15) is 0 Å². The van der Waals surface area contributed by atoms with Gasteiger partial charge in [0.25, 0.3) is 5.91 Å². The smallest absolute Gasteiger partial charge is 0.251 e. The van der Waals surface area contributed by atoms with Crippen molar-refractivity contribution in [1.82, 2.24) is 14.9 Å². The van der Waals surface area contributed by atoms with Gasteiger partial charge in [0.05, 0.1) is 11.0 Å². The van der Waals surface area contributed by atoms with Gasteiger partial charge in [-0.1, -0.05) is 13.8 Å². The first-order valence-corrected chi connectivity index (χ1v) is 8.28. The number of aliphatic hydroxyl groups is 1. The van der Waals surface area contributed by atoms with E-state index in [0.29, 0.717) is 18.5 Å². The summed E-state index contributed by atoms with van der Waals surface area (Å²) in [6.07, 6.45) is 2.57. The fourth-order valence-corrected chi connectivity index (χ4v) is 3.01. The molecule has 0 saturated heterocycles. The fraction of sp³-hybridized carbons (Fsp3) is 0.556. The van der Waals surface area contributed by atoms with Crippen LogP contribution in [0.3, 0.4) is 0 Å². The number of hydrogen-bond donors (Lipinski definition) is 2. The van der Waals surface area contributed by atoms with Crippen molar-refractivity contribution in [3.63, 3.8) is 0 Å². The van der Waals surface area contributed by atoms with Gasteiger partial charge < -0.3 is 15.0 Å². The Kier molecular flexibility index (Phi) is 5.42. The molecule has 0 saturated carbocycles. The van der Waals surface area contributed by atoms with Crippen LogP contribution in [-0.4, -0.2) is 33.7 Å². The second-order valence-corrected chi connectivity index (χ2v) is 6.28. The topological polar surface area (TPSA) is 67.2 Å². The molecular weight excluding hydrogens is 290 g/mol. The van der Waals surface area contributed by atoms with E-state index in [0.717, 1.165) is 29.7 Å². The fourth-order valence-electron chi connectivity index (χ4n) is 3.01. The number of aromatic nitrogens is 2. The lowest BCUT2D eigenvalue weighted by Crippen LogP contribution is -2.37. The monoisotopic (exact) mass is 317 g/mol. The number of aryl methyl sites for hydroxylation is 2. The zero-order chi connectivity index (χ0) is 17.0. The number of imidazole rings is 1. The summed E-state index contributed by atoms with van der Waals surface area (Å²) in [6, 6.07) is 5.61. The standard InChI is InChI=1S/C18H27N3O2/c1-5-18(6-2,9-10-22)12-19-17(23)14-7-8-16-15(11-14)20-13(3)21(16)4/h7-8,11,22H,5-6,9-10,12H2,1-4H3,(H,19,23). The van der Waals surface area contributed by atoms with Gasteiger partial charge in [0, 0.05) is 25.8 Å². The van der Waals surface area contributed by atoms with E-state index in [1.807, 2.05) is 36.7 Å². The first-order chi connectivity index (χ1) is 11.0. The van der Waals surface area contributed by atoms with E-state index >= 15 is 0 Å². The molecule has 5 heteroatoms. The van der Waals surface area contributed by atoms with Gasteiger partial charge in [0.15, 0.2) is 0 Å². The molecule has 0 spiro atoms. The van der Waals surface area contributed by atoms with Gasteiger partial charge in [-0.15, -0.1) is 0 Å². The number of rotatable bonds is 7. The van der Waals surface area contributed by atoms with Gasteiger partial charge >= 0.3 is 0 Å². The van der Waals surface area contributed by atoms with Crippen LogP contribution in [0.4, 0.5) is 0 Å². The van der Waals surface area contributed by atoms with Crippen LogP contribution in [-0.2, 0) is 7.05 Å². The van der Waals surface area contributed by atoms with E-state index < -0.39 is 0 Å². The van der Waals surface area contributed by atoms with Crippen LogP contribution in [0.2, 0.25) is 0 Å². The highest BCUT2D eigenvalue weighted by molar-refractivity contribution is 5.97. The quantitative estimate of drug-likeness (QED) is 0.825. The molecule has 2 N–H and O–H groups in total. The van der Waals surface area contributed by atoms with Gasteiger partial charge in [-0.05, 0) is 49.8 Å². The van der Waals surface area contributed by atoms with Crippen LogP contribution in [0.5, 0.6) is 0 Å². The van der Waals surface area contributed by atoms with Crippen molar-refractivity contribution in [2.75, 3.05) is 13.2 Å². The Labute approximate surface area is 137 Å².